The third-order valence-electron chi connectivity index (χ3n) is 4.58. The van der Waals surface area contributed by atoms with E-state index in [0.717, 1.165) is 18.8 Å². The molecule has 0 unspecified atom stereocenters. The first-order valence-electron chi connectivity index (χ1n) is 7.62. The number of nitrogens with zero attached hydrogens (tertiary/aromatic N) is 3. The molecule has 116 valence electrons. The third kappa shape index (κ3) is 3.43. The fourth-order valence-corrected chi connectivity index (χ4v) is 3.10. The molecule has 1 saturated carbocycles. The molecule has 0 spiro atoms. The molecule has 0 radical (unpaired) electrons. The maximum Gasteiger partial charge on any atom is 0.311 e. The van der Waals surface area contributed by atoms with Crippen molar-refractivity contribution in [3.63, 3.8) is 0 Å². The van der Waals surface area contributed by atoms with Crippen LogP contribution >= 0.6 is 0 Å². The van der Waals surface area contributed by atoms with E-state index in [1.165, 1.54) is 25.3 Å². The summed E-state index contributed by atoms with van der Waals surface area (Å²) in [6, 6.07) is 3.51. The Morgan fingerprint density at radius 2 is 2.05 bits per heavy atom. The summed E-state index contributed by atoms with van der Waals surface area (Å²) in [6.07, 6.45) is 5.79. The van der Waals surface area contributed by atoms with E-state index in [0.29, 0.717) is 17.7 Å². The van der Waals surface area contributed by atoms with Crippen molar-refractivity contribution < 1.29 is 4.92 Å². The van der Waals surface area contributed by atoms with Crippen LogP contribution < -0.4 is 10.2 Å². The van der Waals surface area contributed by atoms with Gasteiger partial charge in [0.15, 0.2) is 0 Å². The Morgan fingerprint density at radius 3 is 2.57 bits per heavy atom. The predicted octanol–water partition coefficient (Wildman–Crippen LogP) is 3.44. The van der Waals surface area contributed by atoms with E-state index >= 15 is 0 Å². The lowest BCUT2D eigenvalue weighted by Gasteiger charge is -2.34. The first kappa shape index (κ1) is 15.5. The topological polar surface area (TPSA) is 71.3 Å². The molecule has 0 aliphatic heterocycles. The largest absolute Gasteiger partial charge is 0.373 e. The second kappa shape index (κ2) is 6.74. The molecule has 1 aliphatic carbocycles. The van der Waals surface area contributed by atoms with Gasteiger partial charge in [-0.25, -0.2) is 4.98 Å². The van der Waals surface area contributed by atoms with Crippen LogP contribution in [0.2, 0.25) is 0 Å². The molecule has 0 amide bonds. The Balaban J connectivity index is 2.21. The van der Waals surface area contributed by atoms with E-state index < -0.39 is 0 Å². The average Bonchev–Trinajstić information content (AvgIpc) is 2.53. The number of nitrogens with one attached hydrogen (secondary N) is 1. The van der Waals surface area contributed by atoms with Crippen LogP contribution in [-0.4, -0.2) is 30.0 Å². The van der Waals surface area contributed by atoms with Crippen molar-refractivity contribution >= 4 is 17.3 Å². The van der Waals surface area contributed by atoms with Crippen molar-refractivity contribution in [3.05, 3.63) is 22.2 Å². The molecule has 1 aliphatic rings. The first-order valence-corrected chi connectivity index (χ1v) is 7.62. The molecule has 2 rings (SSSR count). The fourth-order valence-electron chi connectivity index (χ4n) is 3.10. The monoisotopic (exact) mass is 292 g/mol. The smallest absolute Gasteiger partial charge is 0.311 e. The van der Waals surface area contributed by atoms with Gasteiger partial charge in [0.25, 0.3) is 0 Å². The van der Waals surface area contributed by atoms with Crippen LogP contribution in [0.3, 0.4) is 0 Å². The van der Waals surface area contributed by atoms with Gasteiger partial charge in [-0.05, 0) is 37.7 Å². The summed E-state index contributed by atoms with van der Waals surface area (Å²) < 4.78 is 0. The predicted molar refractivity (Wildman–Crippen MR) is 84.9 cm³/mol. The molecular formula is C15H24N4O2. The van der Waals surface area contributed by atoms with Gasteiger partial charge in [-0.15, -0.1) is 0 Å². The molecule has 0 atom stereocenters. The molecule has 1 fully saturated rings. The highest BCUT2D eigenvalue weighted by molar-refractivity contribution is 5.61. The van der Waals surface area contributed by atoms with Gasteiger partial charge in [-0.3, -0.25) is 10.1 Å². The van der Waals surface area contributed by atoms with Gasteiger partial charge in [0.1, 0.15) is 5.82 Å². The van der Waals surface area contributed by atoms with E-state index in [-0.39, 0.29) is 10.6 Å². The third-order valence-corrected chi connectivity index (χ3v) is 4.58. The SMILES string of the molecule is CCC1CCC(N(C)c2nc(NC)ccc2[N+](=O)[O-])CC1. The zero-order valence-electron chi connectivity index (χ0n) is 13.0. The van der Waals surface area contributed by atoms with Crippen LogP contribution in [0.5, 0.6) is 0 Å². The lowest BCUT2D eigenvalue weighted by Crippen LogP contribution is -2.36. The van der Waals surface area contributed by atoms with Crippen molar-refractivity contribution in [1.82, 2.24) is 4.98 Å². The van der Waals surface area contributed by atoms with Crippen LogP contribution in [-0.2, 0) is 0 Å². The second-order valence-electron chi connectivity index (χ2n) is 5.74. The minimum absolute atomic E-state index is 0.0779. The Labute approximate surface area is 125 Å². The van der Waals surface area contributed by atoms with Crippen molar-refractivity contribution in [2.75, 3.05) is 24.3 Å². The van der Waals surface area contributed by atoms with Gasteiger partial charge in [0.05, 0.1) is 4.92 Å². The maximum atomic E-state index is 11.2. The summed E-state index contributed by atoms with van der Waals surface area (Å²) in [5, 5.41) is 14.2. The highest BCUT2D eigenvalue weighted by atomic mass is 16.6. The number of aromatic nitrogens is 1. The summed E-state index contributed by atoms with van der Waals surface area (Å²) in [5.74, 6) is 1.93. The van der Waals surface area contributed by atoms with Crippen molar-refractivity contribution in [2.45, 2.75) is 45.1 Å². The van der Waals surface area contributed by atoms with E-state index in [4.69, 9.17) is 0 Å². The standard InChI is InChI=1S/C15H24N4O2/c1-4-11-5-7-12(8-6-11)18(3)15-13(19(20)21)9-10-14(16-2)17-15/h9-12H,4-8H2,1-3H3,(H,16,17). The van der Waals surface area contributed by atoms with Crippen molar-refractivity contribution in [1.29, 1.82) is 0 Å². The number of hydrogen-bond donors (Lipinski definition) is 1. The summed E-state index contributed by atoms with van der Waals surface area (Å²) >= 11 is 0. The highest BCUT2D eigenvalue weighted by Crippen LogP contribution is 2.34. The molecule has 0 bridgehead atoms. The zero-order chi connectivity index (χ0) is 15.4. The quantitative estimate of drug-likeness (QED) is 0.665. The van der Waals surface area contributed by atoms with Gasteiger partial charge in [0, 0.05) is 26.2 Å². The number of rotatable bonds is 5. The molecule has 21 heavy (non-hydrogen) atoms. The van der Waals surface area contributed by atoms with Crippen LogP contribution in [0.4, 0.5) is 17.3 Å². The van der Waals surface area contributed by atoms with Gasteiger partial charge in [0.2, 0.25) is 5.82 Å². The molecule has 1 heterocycles. The minimum Gasteiger partial charge on any atom is -0.373 e. The second-order valence-corrected chi connectivity index (χ2v) is 5.74. The van der Waals surface area contributed by atoms with Crippen molar-refractivity contribution in [2.24, 2.45) is 5.92 Å². The van der Waals surface area contributed by atoms with Gasteiger partial charge >= 0.3 is 5.69 Å². The number of anilines is 2. The molecule has 6 heteroatoms. The lowest BCUT2D eigenvalue weighted by atomic mass is 9.84. The minimum atomic E-state index is -0.351. The van der Waals surface area contributed by atoms with Crippen LogP contribution in [0, 0.1) is 16.0 Å². The average molecular weight is 292 g/mol. The Hall–Kier alpha value is -1.85. The van der Waals surface area contributed by atoms with Crippen LogP contribution in [0.15, 0.2) is 12.1 Å². The Kier molecular flexibility index (Phi) is 4.98. The number of nitro groups is 1. The Morgan fingerprint density at radius 1 is 1.38 bits per heavy atom. The molecular weight excluding hydrogens is 268 g/mol. The summed E-state index contributed by atoms with van der Waals surface area (Å²) in [6.45, 7) is 2.23. The summed E-state index contributed by atoms with van der Waals surface area (Å²) in [5.41, 5.74) is 0.0779. The maximum absolute atomic E-state index is 11.2. The van der Waals surface area contributed by atoms with E-state index in [1.807, 2.05) is 11.9 Å². The van der Waals surface area contributed by atoms with Crippen molar-refractivity contribution in [3.8, 4) is 0 Å². The number of pyridine rings is 1. The normalized spacial score (nSPS) is 21.9. The van der Waals surface area contributed by atoms with Gasteiger partial charge in [-0.2, -0.15) is 0 Å². The first-order chi connectivity index (χ1) is 10.1. The lowest BCUT2D eigenvalue weighted by molar-refractivity contribution is -0.384. The van der Waals surface area contributed by atoms with Crippen LogP contribution in [0.25, 0.3) is 0 Å². The fraction of sp³-hybridized carbons (Fsp3) is 0.667. The van der Waals surface area contributed by atoms with Crippen LogP contribution in [0.1, 0.15) is 39.0 Å². The molecule has 0 saturated heterocycles. The molecule has 1 N–H and O–H groups in total. The Bertz CT molecular complexity index is 498. The molecule has 6 nitrogen and oxygen atoms in total. The van der Waals surface area contributed by atoms with Gasteiger partial charge < -0.3 is 10.2 Å². The molecule has 1 aromatic rings. The van der Waals surface area contributed by atoms with Gasteiger partial charge in [-0.1, -0.05) is 13.3 Å². The summed E-state index contributed by atoms with van der Waals surface area (Å²) in [4.78, 5) is 17.3. The van der Waals surface area contributed by atoms with E-state index in [1.54, 1.807) is 13.1 Å². The zero-order valence-corrected chi connectivity index (χ0v) is 13.0. The molecule has 0 aromatic carbocycles. The highest BCUT2D eigenvalue weighted by Gasteiger charge is 2.28. The summed E-state index contributed by atoms with van der Waals surface area (Å²) in [7, 11) is 3.69. The van der Waals surface area contributed by atoms with E-state index in [2.05, 4.69) is 17.2 Å². The van der Waals surface area contributed by atoms with E-state index in [9.17, 15) is 10.1 Å². The molecule has 1 aromatic heterocycles. The number of hydrogen-bond acceptors (Lipinski definition) is 5.